The number of hydrogen-bond acceptors (Lipinski definition) is 4. The molecule has 2 aromatic rings. The number of ketones is 1. The third-order valence-electron chi connectivity index (χ3n) is 5.50. The molecule has 0 saturated heterocycles. The lowest BCUT2D eigenvalue weighted by Gasteiger charge is -2.19. The van der Waals surface area contributed by atoms with E-state index in [1.54, 1.807) is 6.20 Å². The molecule has 25 heavy (non-hydrogen) atoms. The van der Waals surface area contributed by atoms with Crippen molar-refractivity contribution in [3.8, 4) is 0 Å². The van der Waals surface area contributed by atoms with Gasteiger partial charge in [0.25, 0.3) is 0 Å². The maximum Gasteiger partial charge on any atom is 0.139 e. The first-order valence-corrected chi connectivity index (χ1v) is 9.05. The SMILES string of the molecule is NC1=NCc2cc(CC(=O)CC3CCCC3c3ccccc3)ncc21. The Hall–Kier alpha value is -2.49. The minimum absolute atomic E-state index is 0.284. The van der Waals surface area contributed by atoms with Crippen molar-refractivity contribution in [2.45, 2.75) is 44.6 Å². The fourth-order valence-corrected chi connectivity index (χ4v) is 4.25. The summed E-state index contributed by atoms with van der Waals surface area (Å²) in [6.45, 7) is 0.601. The Morgan fingerprint density at radius 3 is 2.88 bits per heavy atom. The number of fused-ring (bicyclic) bond motifs is 1. The summed E-state index contributed by atoms with van der Waals surface area (Å²) in [7, 11) is 0. The van der Waals surface area contributed by atoms with Crippen molar-refractivity contribution < 1.29 is 4.79 Å². The average molecular weight is 333 g/mol. The third kappa shape index (κ3) is 3.34. The molecule has 1 aliphatic carbocycles. The summed E-state index contributed by atoms with van der Waals surface area (Å²) in [6, 6.07) is 12.6. The zero-order valence-electron chi connectivity index (χ0n) is 14.3. The molecule has 2 atom stereocenters. The summed E-state index contributed by atoms with van der Waals surface area (Å²) in [5.41, 5.74) is 10.0. The highest BCUT2D eigenvalue weighted by Crippen LogP contribution is 2.41. The molecule has 1 aromatic carbocycles. The highest BCUT2D eigenvalue weighted by atomic mass is 16.1. The standard InChI is InChI=1S/C21H23N3O/c22-21-20-13-23-17(9-16(20)12-24-21)11-18(25)10-15-7-4-8-19(15)14-5-2-1-3-6-14/h1-3,5-6,9,13,15,19H,4,7-8,10-12H2,(H2,22,24). The molecular weight excluding hydrogens is 310 g/mol. The van der Waals surface area contributed by atoms with E-state index in [0.717, 1.165) is 23.2 Å². The largest absolute Gasteiger partial charge is 0.383 e. The van der Waals surface area contributed by atoms with Gasteiger partial charge in [0.2, 0.25) is 0 Å². The molecule has 1 aromatic heterocycles. The van der Waals surface area contributed by atoms with Crippen LogP contribution in [0.15, 0.2) is 47.6 Å². The maximum absolute atomic E-state index is 12.6. The molecule has 2 heterocycles. The first kappa shape index (κ1) is 16.0. The number of nitrogens with zero attached hydrogens (tertiary/aromatic N) is 2. The van der Waals surface area contributed by atoms with E-state index in [1.807, 2.05) is 6.07 Å². The minimum atomic E-state index is 0.284. The van der Waals surface area contributed by atoms with E-state index in [0.29, 0.717) is 37.1 Å². The number of carbonyl (C=O) groups excluding carboxylic acids is 1. The summed E-state index contributed by atoms with van der Waals surface area (Å²) in [6.07, 6.45) is 6.36. The second-order valence-corrected chi connectivity index (χ2v) is 7.16. The fraction of sp³-hybridized carbons (Fsp3) is 0.381. The quantitative estimate of drug-likeness (QED) is 0.912. The smallest absolute Gasteiger partial charge is 0.139 e. The van der Waals surface area contributed by atoms with E-state index < -0.39 is 0 Å². The van der Waals surface area contributed by atoms with Crippen molar-refractivity contribution in [3.63, 3.8) is 0 Å². The number of rotatable bonds is 5. The van der Waals surface area contributed by atoms with Crippen LogP contribution in [0.4, 0.5) is 0 Å². The molecule has 4 heteroatoms. The third-order valence-corrected chi connectivity index (χ3v) is 5.50. The zero-order chi connectivity index (χ0) is 17.2. The predicted octanol–water partition coefficient (Wildman–Crippen LogP) is 3.39. The van der Waals surface area contributed by atoms with Crippen molar-refractivity contribution >= 4 is 11.6 Å². The normalized spacial score (nSPS) is 21.8. The molecule has 2 unspecified atom stereocenters. The van der Waals surface area contributed by atoms with E-state index in [1.165, 1.54) is 18.4 Å². The van der Waals surface area contributed by atoms with Gasteiger partial charge in [-0.2, -0.15) is 0 Å². The minimum Gasteiger partial charge on any atom is -0.383 e. The molecule has 0 amide bonds. The number of hydrogen-bond donors (Lipinski definition) is 1. The molecule has 1 aliphatic heterocycles. The zero-order valence-corrected chi connectivity index (χ0v) is 14.3. The summed E-state index contributed by atoms with van der Waals surface area (Å²) >= 11 is 0. The van der Waals surface area contributed by atoms with Crippen LogP contribution in [0.1, 0.15) is 54.0 Å². The Bertz CT molecular complexity index is 813. The second kappa shape index (κ2) is 6.79. The number of Topliss-reactive ketones (excluding diaryl/α,β-unsaturated/α-hetero) is 1. The Kier molecular flexibility index (Phi) is 4.35. The molecule has 0 spiro atoms. The molecule has 128 valence electrons. The number of amidine groups is 1. The average Bonchev–Trinajstić information content (AvgIpc) is 3.22. The molecule has 1 fully saturated rings. The number of aromatic nitrogens is 1. The Labute approximate surface area is 148 Å². The Morgan fingerprint density at radius 1 is 1.20 bits per heavy atom. The van der Waals surface area contributed by atoms with Crippen LogP contribution in [0.5, 0.6) is 0 Å². The van der Waals surface area contributed by atoms with Crippen molar-refractivity contribution in [3.05, 3.63) is 65.0 Å². The lowest BCUT2D eigenvalue weighted by Crippen LogP contribution is -2.15. The van der Waals surface area contributed by atoms with Gasteiger partial charge in [0.15, 0.2) is 0 Å². The first-order chi connectivity index (χ1) is 12.2. The highest BCUT2D eigenvalue weighted by molar-refractivity contribution is 6.00. The van der Waals surface area contributed by atoms with E-state index in [4.69, 9.17) is 5.73 Å². The second-order valence-electron chi connectivity index (χ2n) is 7.16. The summed E-state index contributed by atoms with van der Waals surface area (Å²) < 4.78 is 0. The van der Waals surface area contributed by atoms with Gasteiger partial charge >= 0.3 is 0 Å². The molecule has 2 aliphatic rings. The number of nitrogens with two attached hydrogens (primary N) is 1. The fourth-order valence-electron chi connectivity index (χ4n) is 4.25. The van der Waals surface area contributed by atoms with E-state index in [2.05, 4.69) is 40.3 Å². The van der Waals surface area contributed by atoms with Gasteiger partial charge < -0.3 is 5.73 Å². The van der Waals surface area contributed by atoms with Gasteiger partial charge in [-0.1, -0.05) is 36.8 Å². The first-order valence-electron chi connectivity index (χ1n) is 9.05. The van der Waals surface area contributed by atoms with Gasteiger partial charge in [0.1, 0.15) is 11.6 Å². The summed E-state index contributed by atoms with van der Waals surface area (Å²) in [5.74, 6) is 1.82. The molecule has 1 saturated carbocycles. The van der Waals surface area contributed by atoms with E-state index in [9.17, 15) is 4.79 Å². The number of pyridine rings is 1. The Morgan fingerprint density at radius 2 is 2.04 bits per heavy atom. The van der Waals surface area contributed by atoms with Crippen LogP contribution in [0.25, 0.3) is 0 Å². The van der Waals surface area contributed by atoms with Crippen molar-refractivity contribution in [2.24, 2.45) is 16.6 Å². The van der Waals surface area contributed by atoms with Gasteiger partial charge in [-0.3, -0.25) is 14.8 Å². The van der Waals surface area contributed by atoms with Crippen LogP contribution in [0.2, 0.25) is 0 Å². The monoisotopic (exact) mass is 333 g/mol. The molecule has 0 radical (unpaired) electrons. The maximum atomic E-state index is 12.6. The van der Waals surface area contributed by atoms with Crippen LogP contribution in [0.3, 0.4) is 0 Å². The van der Waals surface area contributed by atoms with Gasteiger partial charge in [0, 0.05) is 30.3 Å². The topological polar surface area (TPSA) is 68.3 Å². The van der Waals surface area contributed by atoms with E-state index in [-0.39, 0.29) is 5.78 Å². The Balaban J connectivity index is 1.41. The molecule has 2 N–H and O–H groups in total. The van der Waals surface area contributed by atoms with Gasteiger partial charge in [-0.05, 0) is 41.9 Å². The van der Waals surface area contributed by atoms with Crippen LogP contribution < -0.4 is 5.73 Å². The van der Waals surface area contributed by atoms with E-state index >= 15 is 0 Å². The molecule has 0 bridgehead atoms. The molecule has 4 rings (SSSR count). The van der Waals surface area contributed by atoms with Crippen molar-refractivity contribution in [1.82, 2.24) is 4.98 Å². The lowest BCUT2D eigenvalue weighted by atomic mass is 9.85. The summed E-state index contributed by atoms with van der Waals surface area (Å²) in [5, 5.41) is 0. The number of carbonyl (C=O) groups is 1. The number of benzene rings is 1. The van der Waals surface area contributed by atoms with Crippen molar-refractivity contribution in [2.75, 3.05) is 0 Å². The van der Waals surface area contributed by atoms with Crippen LogP contribution in [-0.4, -0.2) is 16.6 Å². The van der Waals surface area contributed by atoms with Gasteiger partial charge in [-0.25, -0.2) is 0 Å². The molecule has 4 nitrogen and oxygen atoms in total. The number of aliphatic imine (C=N–C) groups is 1. The predicted molar refractivity (Wildman–Crippen MR) is 98.5 cm³/mol. The summed E-state index contributed by atoms with van der Waals surface area (Å²) in [4.78, 5) is 21.2. The van der Waals surface area contributed by atoms with Crippen LogP contribution in [0, 0.1) is 5.92 Å². The van der Waals surface area contributed by atoms with Crippen LogP contribution in [-0.2, 0) is 17.8 Å². The lowest BCUT2D eigenvalue weighted by molar-refractivity contribution is -0.119. The van der Waals surface area contributed by atoms with Crippen LogP contribution >= 0.6 is 0 Å². The van der Waals surface area contributed by atoms with Gasteiger partial charge in [0.05, 0.1) is 6.54 Å². The van der Waals surface area contributed by atoms with Crippen molar-refractivity contribution in [1.29, 1.82) is 0 Å². The van der Waals surface area contributed by atoms with Gasteiger partial charge in [-0.15, -0.1) is 0 Å². The highest BCUT2D eigenvalue weighted by Gasteiger charge is 2.30. The molecular formula is C21H23N3O.